The van der Waals surface area contributed by atoms with E-state index in [4.69, 9.17) is 21.7 Å². The summed E-state index contributed by atoms with van der Waals surface area (Å²) < 4.78 is 11.6. The van der Waals surface area contributed by atoms with Crippen molar-refractivity contribution in [3.05, 3.63) is 35.0 Å². The Labute approximate surface area is 153 Å². The van der Waals surface area contributed by atoms with E-state index in [0.29, 0.717) is 16.4 Å². The number of hydrogen-bond donors (Lipinski definition) is 2. The molecule has 1 aromatic rings. The first kappa shape index (κ1) is 17.7. The molecule has 6 heteroatoms. The summed E-state index contributed by atoms with van der Waals surface area (Å²) in [6.07, 6.45) is 4.87. The molecule has 0 unspecified atom stereocenters. The van der Waals surface area contributed by atoms with Crippen molar-refractivity contribution < 1.29 is 14.3 Å². The average molecular weight is 360 g/mol. The Kier molecular flexibility index (Phi) is 5.27. The highest BCUT2D eigenvalue weighted by molar-refractivity contribution is 7.80. The summed E-state index contributed by atoms with van der Waals surface area (Å²) in [7, 11) is 1.63. The molecule has 3 rings (SSSR count). The molecule has 1 saturated carbocycles. The van der Waals surface area contributed by atoms with Crippen LogP contribution in [0.2, 0.25) is 0 Å². The molecular weight excluding hydrogens is 336 g/mol. The summed E-state index contributed by atoms with van der Waals surface area (Å²) in [4.78, 5) is 12.1. The zero-order valence-electron chi connectivity index (χ0n) is 14.8. The number of Topliss-reactive ketones (excluding diaryl/α,β-unsaturated/α-hetero) is 1. The van der Waals surface area contributed by atoms with Gasteiger partial charge in [-0.3, -0.25) is 4.79 Å². The second-order valence-corrected chi connectivity index (χ2v) is 6.97. The molecule has 5 nitrogen and oxygen atoms in total. The van der Waals surface area contributed by atoms with Gasteiger partial charge in [0, 0.05) is 11.3 Å². The monoisotopic (exact) mass is 360 g/mol. The number of carbonyl (C=O) groups is 1. The zero-order valence-corrected chi connectivity index (χ0v) is 15.7. The summed E-state index contributed by atoms with van der Waals surface area (Å²) >= 11 is 5.26. The minimum absolute atomic E-state index is 0.00949. The SMILES string of the molecule is COc1cc([C@@H]2NC(=S)NC(C)=C2C(C)=O)ccc1OC1CCCC1. The summed E-state index contributed by atoms with van der Waals surface area (Å²) in [6, 6.07) is 5.52. The summed E-state index contributed by atoms with van der Waals surface area (Å²) in [6.45, 7) is 3.43. The second-order valence-electron chi connectivity index (χ2n) is 6.56. The number of hydrogen-bond acceptors (Lipinski definition) is 4. The molecule has 0 saturated heterocycles. The Morgan fingerprint density at radius 2 is 1.96 bits per heavy atom. The van der Waals surface area contributed by atoms with Gasteiger partial charge in [0.1, 0.15) is 0 Å². The lowest BCUT2D eigenvalue weighted by Crippen LogP contribution is -2.44. The van der Waals surface area contributed by atoms with Crippen LogP contribution in [-0.4, -0.2) is 24.1 Å². The number of carbonyl (C=O) groups excluding carboxylic acids is 1. The van der Waals surface area contributed by atoms with E-state index in [1.54, 1.807) is 14.0 Å². The van der Waals surface area contributed by atoms with Crippen molar-refractivity contribution in [1.29, 1.82) is 0 Å². The number of allylic oxidation sites excluding steroid dienone is 1. The largest absolute Gasteiger partial charge is 0.493 e. The maximum Gasteiger partial charge on any atom is 0.171 e. The van der Waals surface area contributed by atoms with Gasteiger partial charge in [0.25, 0.3) is 0 Å². The number of ether oxygens (including phenoxy) is 2. The first-order chi connectivity index (χ1) is 12.0. The predicted molar refractivity (Wildman–Crippen MR) is 101 cm³/mol. The Bertz CT molecular complexity index is 723. The molecule has 1 atom stereocenters. The van der Waals surface area contributed by atoms with Crippen LogP contribution in [0.4, 0.5) is 0 Å². The normalized spacial score (nSPS) is 20.9. The number of benzene rings is 1. The Hall–Kier alpha value is -2.08. The van der Waals surface area contributed by atoms with Crippen molar-refractivity contribution in [2.24, 2.45) is 0 Å². The van der Waals surface area contributed by atoms with Gasteiger partial charge >= 0.3 is 0 Å². The lowest BCUT2D eigenvalue weighted by Gasteiger charge is -2.30. The van der Waals surface area contributed by atoms with Gasteiger partial charge in [0.15, 0.2) is 22.4 Å². The van der Waals surface area contributed by atoms with Crippen LogP contribution in [0.25, 0.3) is 0 Å². The fourth-order valence-electron chi connectivity index (χ4n) is 3.56. The molecule has 25 heavy (non-hydrogen) atoms. The molecule has 0 amide bonds. The highest BCUT2D eigenvalue weighted by Gasteiger charge is 2.28. The first-order valence-corrected chi connectivity index (χ1v) is 9.04. The van der Waals surface area contributed by atoms with Crippen molar-refractivity contribution in [2.45, 2.75) is 51.7 Å². The van der Waals surface area contributed by atoms with Crippen molar-refractivity contribution in [2.75, 3.05) is 7.11 Å². The molecule has 134 valence electrons. The van der Waals surface area contributed by atoms with Crippen LogP contribution in [0, 0.1) is 0 Å². The highest BCUT2D eigenvalue weighted by Crippen LogP contribution is 2.36. The van der Waals surface area contributed by atoms with Crippen LogP contribution in [0.5, 0.6) is 11.5 Å². The molecule has 0 bridgehead atoms. The van der Waals surface area contributed by atoms with E-state index in [-0.39, 0.29) is 17.9 Å². The van der Waals surface area contributed by atoms with Crippen LogP contribution in [-0.2, 0) is 4.79 Å². The quantitative estimate of drug-likeness (QED) is 0.785. The summed E-state index contributed by atoms with van der Waals surface area (Å²) in [5, 5.41) is 6.72. The van der Waals surface area contributed by atoms with Crippen molar-refractivity contribution >= 4 is 23.1 Å². The molecule has 1 aliphatic heterocycles. The van der Waals surface area contributed by atoms with Crippen molar-refractivity contribution in [1.82, 2.24) is 10.6 Å². The number of methoxy groups -OCH3 is 1. The maximum absolute atomic E-state index is 12.1. The number of nitrogens with one attached hydrogen (secondary N) is 2. The van der Waals surface area contributed by atoms with Crippen LogP contribution in [0.1, 0.15) is 51.1 Å². The fraction of sp³-hybridized carbons (Fsp3) is 0.474. The third-order valence-corrected chi connectivity index (χ3v) is 4.99. The molecule has 1 fully saturated rings. The predicted octanol–water partition coefficient (Wildman–Crippen LogP) is 3.40. The van der Waals surface area contributed by atoms with Crippen LogP contribution in [0.15, 0.2) is 29.5 Å². The molecule has 2 aliphatic rings. The summed E-state index contributed by atoms with van der Waals surface area (Å²) in [5.41, 5.74) is 2.38. The fourth-order valence-corrected chi connectivity index (χ4v) is 3.83. The van der Waals surface area contributed by atoms with Crippen LogP contribution >= 0.6 is 12.2 Å². The van der Waals surface area contributed by atoms with Gasteiger partial charge in [-0.1, -0.05) is 6.07 Å². The van der Waals surface area contributed by atoms with E-state index in [0.717, 1.165) is 29.9 Å². The minimum Gasteiger partial charge on any atom is -0.493 e. The standard InChI is InChI=1S/C19H24N2O3S/c1-11-17(12(2)22)18(21-19(25)20-11)13-8-9-15(16(10-13)23-3)24-14-6-4-5-7-14/h8-10,14,18H,4-7H2,1-3H3,(H2,20,21,25)/t18-/m0/s1. The van der Waals surface area contributed by atoms with Crippen LogP contribution in [0.3, 0.4) is 0 Å². The topological polar surface area (TPSA) is 59.6 Å². The van der Waals surface area contributed by atoms with Gasteiger partial charge < -0.3 is 20.1 Å². The van der Waals surface area contributed by atoms with Gasteiger partial charge in [-0.15, -0.1) is 0 Å². The third kappa shape index (κ3) is 3.79. The van der Waals surface area contributed by atoms with E-state index >= 15 is 0 Å². The molecule has 0 spiro atoms. The van der Waals surface area contributed by atoms with Crippen molar-refractivity contribution in [3.8, 4) is 11.5 Å². The van der Waals surface area contributed by atoms with Crippen LogP contribution < -0.4 is 20.1 Å². The lowest BCUT2D eigenvalue weighted by atomic mass is 9.93. The van der Waals surface area contributed by atoms with Gasteiger partial charge in [-0.2, -0.15) is 0 Å². The van der Waals surface area contributed by atoms with Gasteiger partial charge in [0.05, 0.1) is 19.3 Å². The van der Waals surface area contributed by atoms with E-state index < -0.39 is 0 Å². The molecule has 0 radical (unpaired) electrons. The smallest absolute Gasteiger partial charge is 0.171 e. The first-order valence-electron chi connectivity index (χ1n) is 8.63. The molecule has 2 N–H and O–H groups in total. The Balaban J connectivity index is 1.92. The van der Waals surface area contributed by atoms with E-state index in [9.17, 15) is 4.79 Å². The Morgan fingerprint density at radius 1 is 1.24 bits per heavy atom. The van der Waals surface area contributed by atoms with Gasteiger partial charge in [0.2, 0.25) is 0 Å². The highest BCUT2D eigenvalue weighted by atomic mass is 32.1. The zero-order chi connectivity index (χ0) is 18.0. The molecule has 1 heterocycles. The third-order valence-electron chi connectivity index (χ3n) is 4.77. The van der Waals surface area contributed by atoms with Gasteiger partial charge in [-0.05, 0) is 69.4 Å². The molecule has 0 aromatic heterocycles. The molecule has 1 aromatic carbocycles. The number of rotatable bonds is 5. The second kappa shape index (κ2) is 7.44. The van der Waals surface area contributed by atoms with E-state index in [1.807, 2.05) is 25.1 Å². The maximum atomic E-state index is 12.1. The minimum atomic E-state index is -0.291. The molecule has 1 aliphatic carbocycles. The summed E-state index contributed by atoms with van der Waals surface area (Å²) in [5.74, 6) is 1.44. The van der Waals surface area contributed by atoms with E-state index in [1.165, 1.54) is 12.8 Å². The molecular formula is C19H24N2O3S. The Morgan fingerprint density at radius 3 is 2.60 bits per heavy atom. The van der Waals surface area contributed by atoms with Gasteiger partial charge in [-0.25, -0.2) is 0 Å². The van der Waals surface area contributed by atoms with E-state index in [2.05, 4.69) is 10.6 Å². The average Bonchev–Trinajstić information content (AvgIpc) is 3.07. The van der Waals surface area contributed by atoms with Crippen molar-refractivity contribution in [3.63, 3.8) is 0 Å². The number of thiocarbonyl (C=S) groups is 1. The lowest BCUT2D eigenvalue weighted by molar-refractivity contribution is -0.114. The number of ketones is 1.